The number of hydrogen-bond acceptors (Lipinski definition) is 9. The van der Waals surface area contributed by atoms with Crippen molar-refractivity contribution in [2.75, 3.05) is 54.5 Å². The summed E-state index contributed by atoms with van der Waals surface area (Å²) >= 11 is 0. The van der Waals surface area contributed by atoms with Crippen LogP contribution in [0.15, 0.2) is 84.5 Å². The van der Waals surface area contributed by atoms with Crippen LogP contribution < -0.4 is 19.9 Å². The van der Waals surface area contributed by atoms with Crippen molar-refractivity contribution < 1.29 is 27.8 Å². The molecule has 0 bridgehead atoms. The van der Waals surface area contributed by atoms with Crippen LogP contribution in [0, 0.1) is 17.6 Å². The van der Waals surface area contributed by atoms with E-state index in [1.165, 1.54) is 29.9 Å². The Hall–Kier alpha value is -5.24. The lowest BCUT2D eigenvalue weighted by molar-refractivity contribution is -0.0206. The van der Waals surface area contributed by atoms with Gasteiger partial charge in [0.25, 0.3) is 0 Å². The molecule has 1 aromatic heterocycles. The summed E-state index contributed by atoms with van der Waals surface area (Å²) in [6, 6.07) is 19.2. The number of anilines is 3. The third-order valence-electron chi connectivity index (χ3n) is 9.90. The van der Waals surface area contributed by atoms with E-state index in [0.717, 1.165) is 55.8 Å². The maximum atomic E-state index is 15.0. The molecule has 4 heterocycles. The molecule has 2 amide bonds. The molecule has 4 atom stereocenters. The van der Waals surface area contributed by atoms with Crippen LogP contribution in [0.25, 0.3) is 0 Å². The summed E-state index contributed by atoms with van der Waals surface area (Å²) in [6.45, 7) is 8.38. The minimum Gasteiger partial charge on any atom is -0.493 e. The summed E-state index contributed by atoms with van der Waals surface area (Å²) in [6.07, 6.45) is 5.41. The van der Waals surface area contributed by atoms with Gasteiger partial charge in [-0.1, -0.05) is 13.0 Å². The number of hydrazone groups is 1. The molecule has 14 heteroatoms. The Morgan fingerprint density at radius 1 is 1.00 bits per heavy atom. The highest BCUT2D eigenvalue weighted by atomic mass is 19.1. The maximum Gasteiger partial charge on any atom is 0.342 e. The molecule has 1 N–H and O–H groups in total. The molecule has 0 radical (unpaired) electrons. The molecule has 51 heavy (non-hydrogen) atoms. The normalized spacial score (nSPS) is 23.3. The molecule has 7 rings (SSSR count). The number of benzene rings is 3. The van der Waals surface area contributed by atoms with E-state index >= 15 is 0 Å². The van der Waals surface area contributed by atoms with Crippen molar-refractivity contribution in [2.45, 2.75) is 51.0 Å². The van der Waals surface area contributed by atoms with Crippen molar-refractivity contribution in [1.82, 2.24) is 19.8 Å². The zero-order chi connectivity index (χ0) is 35.4. The van der Waals surface area contributed by atoms with Crippen molar-refractivity contribution in [1.29, 1.82) is 0 Å². The number of carbonyl (C=O) groups is 1. The largest absolute Gasteiger partial charge is 0.493 e. The Morgan fingerprint density at radius 2 is 1.71 bits per heavy atom. The quantitative estimate of drug-likeness (QED) is 0.219. The fraction of sp³-hybridized carbons (Fsp3) is 0.405. The number of rotatable bonds is 10. The zero-order valence-corrected chi connectivity index (χ0v) is 28.7. The van der Waals surface area contributed by atoms with Gasteiger partial charge in [-0.25, -0.2) is 28.3 Å². The second-order valence-electron chi connectivity index (χ2n) is 13.2. The average molecular weight is 701 g/mol. The Kier molecular flexibility index (Phi) is 10.0. The summed E-state index contributed by atoms with van der Waals surface area (Å²) in [5.74, 6) is -0.546. The summed E-state index contributed by atoms with van der Waals surface area (Å²) in [5, 5.41) is 12.7. The fourth-order valence-corrected chi connectivity index (χ4v) is 7.17. The van der Waals surface area contributed by atoms with Gasteiger partial charge in [0, 0.05) is 60.8 Å². The number of aromatic nitrogens is 3. The molecule has 3 aliphatic heterocycles. The molecular formula is C37H42F2N8O4. The second kappa shape index (κ2) is 14.9. The molecule has 0 spiro atoms. The second-order valence-corrected chi connectivity index (χ2v) is 13.2. The number of halogens is 2. The van der Waals surface area contributed by atoms with Crippen LogP contribution in [0.1, 0.15) is 32.3 Å². The molecule has 4 aromatic rings. The lowest BCUT2D eigenvalue weighted by Gasteiger charge is -2.37. The number of nitrogens with zero attached hydrogens (tertiary/aromatic N) is 7. The minimum absolute atomic E-state index is 0.00720. The summed E-state index contributed by atoms with van der Waals surface area (Å²) in [5.41, 5.74) is 2.21. The molecular weight excluding hydrogens is 658 g/mol. The average Bonchev–Trinajstić information content (AvgIpc) is 3.82. The van der Waals surface area contributed by atoms with Crippen LogP contribution in [0.4, 0.5) is 30.6 Å². The Balaban J connectivity index is 0.895. The van der Waals surface area contributed by atoms with Crippen LogP contribution in [0.5, 0.6) is 5.75 Å². The summed E-state index contributed by atoms with van der Waals surface area (Å²) in [7, 11) is 0. The number of amides is 2. The third-order valence-corrected chi connectivity index (χ3v) is 9.90. The molecule has 2 fully saturated rings. The lowest BCUT2D eigenvalue weighted by Crippen LogP contribution is -2.48. The van der Waals surface area contributed by atoms with Gasteiger partial charge in [0.1, 0.15) is 41.7 Å². The van der Waals surface area contributed by atoms with Crippen LogP contribution >= 0.6 is 0 Å². The number of urea groups is 1. The Morgan fingerprint density at radius 3 is 2.35 bits per heavy atom. The predicted molar refractivity (Wildman–Crippen MR) is 189 cm³/mol. The van der Waals surface area contributed by atoms with Gasteiger partial charge in [0.2, 0.25) is 0 Å². The zero-order valence-electron chi connectivity index (χ0n) is 28.7. The van der Waals surface area contributed by atoms with E-state index in [1.807, 2.05) is 50.2 Å². The van der Waals surface area contributed by atoms with Gasteiger partial charge in [0.05, 0.1) is 25.8 Å². The van der Waals surface area contributed by atoms with Crippen LogP contribution in [-0.2, 0) is 21.6 Å². The van der Waals surface area contributed by atoms with Crippen LogP contribution in [-0.4, -0.2) is 83.7 Å². The van der Waals surface area contributed by atoms with E-state index < -0.39 is 17.2 Å². The van der Waals surface area contributed by atoms with Crippen molar-refractivity contribution in [3.8, 4) is 5.75 Å². The molecule has 3 aromatic carbocycles. The van der Waals surface area contributed by atoms with Gasteiger partial charge in [-0.2, -0.15) is 5.10 Å². The molecule has 2 saturated heterocycles. The number of hydrogen-bond donors (Lipinski definition) is 1. The number of ether oxygens (including phenoxy) is 3. The molecule has 12 nitrogen and oxygen atoms in total. The van der Waals surface area contributed by atoms with Gasteiger partial charge in [-0.15, -0.1) is 5.10 Å². The molecule has 0 saturated carbocycles. The van der Waals surface area contributed by atoms with E-state index in [1.54, 1.807) is 11.0 Å². The molecule has 0 aliphatic carbocycles. The maximum absolute atomic E-state index is 15.0. The van der Waals surface area contributed by atoms with Gasteiger partial charge in [-0.3, -0.25) is 0 Å². The van der Waals surface area contributed by atoms with E-state index in [4.69, 9.17) is 14.2 Å². The highest BCUT2D eigenvalue weighted by molar-refractivity contribution is 5.90. The van der Waals surface area contributed by atoms with Gasteiger partial charge in [-0.05, 0) is 74.4 Å². The SMILES string of the molecule is CC[C@@H]1[C@@H](C)OC=NN1C(=O)Nc1ccc(N2CCN(c3ccc(OC[C@@H]4CO[C@@](Cn5cncn5)(c5ccc(F)cc5F)C4)cc3)CC2)cc1. The molecule has 268 valence electrons. The summed E-state index contributed by atoms with van der Waals surface area (Å²) < 4.78 is 48.2. The number of carbonyl (C=O) groups excluding carboxylic acids is 1. The van der Waals surface area contributed by atoms with Crippen LogP contribution in [0.2, 0.25) is 0 Å². The number of piperazine rings is 1. The molecule has 3 aliphatic rings. The topological polar surface area (TPSA) is 110 Å². The minimum atomic E-state index is -1.01. The first-order valence-corrected chi connectivity index (χ1v) is 17.3. The van der Waals surface area contributed by atoms with E-state index in [2.05, 4.69) is 42.4 Å². The lowest BCUT2D eigenvalue weighted by atomic mass is 9.87. The van der Waals surface area contributed by atoms with E-state index in [9.17, 15) is 13.6 Å². The van der Waals surface area contributed by atoms with Gasteiger partial charge < -0.3 is 29.3 Å². The van der Waals surface area contributed by atoms with Crippen LogP contribution in [0.3, 0.4) is 0 Å². The monoisotopic (exact) mass is 700 g/mol. The summed E-state index contributed by atoms with van der Waals surface area (Å²) in [4.78, 5) is 21.6. The van der Waals surface area contributed by atoms with Crippen molar-refractivity contribution >= 4 is 29.5 Å². The highest BCUT2D eigenvalue weighted by Gasteiger charge is 2.44. The Bertz CT molecular complexity index is 1800. The first kappa shape index (κ1) is 34.2. The molecule has 0 unspecified atom stereocenters. The Labute approximate surface area is 295 Å². The first-order chi connectivity index (χ1) is 24.8. The van der Waals surface area contributed by atoms with Crippen molar-refractivity contribution in [3.63, 3.8) is 0 Å². The van der Waals surface area contributed by atoms with Gasteiger partial charge in [0.15, 0.2) is 6.40 Å². The van der Waals surface area contributed by atoms with E-state index in [0.29, 0.717) is 30.9 Å². The van der Waals surface area contributed by atoms with Crippen molar-refractivity contribution in [2.24, 2.45) is 11.0 Å². The third kappa shape index (κ3) is 7.60. The van der Waals surface area contributed by atoms with Gasteiger partial charge >= 0.3 is 6.03 Å². The standard InChI is InChI=1S/C37H42F2N8O4/c1-3-35-26(2)50-25-42-47(35)36(48)43-29-5-7-30(8-6-29)44-14-16-45(17-15-44)31-9-11-32(12-10-31)49-20-27-19-37(51-21-27,22-46-24-40-23-41-46)33-13-4-28(38)18-34(33)39/h4-13,18,23-27,35H,3,14-17,19-22H2,1-2H3,(H,43,48)/t26-,27-,35-,37+/m1/s1. The van der Waals surface area contributed by atoms with Crippen molar-refractivity contribution in [3.05, 3.63) is 96.6 Å². The number of nitrogens with one attached hydrogen (secondary N) is 1. The highest BCUT2D eigenvalue weighted by Crippen LogP contribution is 2.42. The fourth-order valence-electron chi connectivity index (χ4n) is 7.17. The predicted octanol–water partition coefficient (Wildman–Crippen LogP) is 5.87. The smallest absolute Gasteiger partial charge is 0.342 e. The first-order valence-electron chi connectivity index (χ1n) is 17.3. The van der Waals surface area contributed by atoms with E-state index in [-0.39, 0.29) is 30.6 Å².